The number of benzene rings is 8. The number of fused-ring (bicyclic) bond motifs is 4. The molecule has 0 aliphatic carbocycles. The summed E-state index contributed by atoms with van der Waals surface area (Å²) < 4.78 is 0. The molecule has 0 amide bonds. The monoisotopic (exact) mass is 810 g/mol. The minimum Gasteiger partial charge on any atom is -1.00 e. The van der Waals surface area contributed by atoms with Crippen LogP contribution in [0.5, 0.6) is 0 Å². The molecule has 56 heavy (non-hydrogen) atoms. The topological polar surface area (TPSA) is 0 Å². The Bertz CT molecular complexity index is 2660. The molecule has 0 nitrogen and oxygen atoms in total. The van der Waals surface area contributed by atoms with Gasteiger partial charge in [-0.3, -0.25) is 0 Å². The van der Waals surface area contributed by atoms with Gasteiger partial charge in [0.15, 0.2) is 0 Å². The van der Waals surface area contributed by atoms with Gasteiger partial charge < -0.3 is 24.8 Å². The standard InChI is InChI=1S/2C25H17.C2H6Si.2ClH.Ti/c2*1-2-8-18(9-3-1)21-16-20-12-7-15-24(25(20)17-21)23-14-6-11-19-10-4-5-13-22(19)23;1-3-2;;;/h2*1-17H;1-2H3;2*1H;/q2*-1;;;;+2/p-2. The zero-order valence-electron chi connectivity index (χ0n) is 31.4. The van der Waals surface area contributed by atoms with Gasteiger partial charge in [-0.2, -0.15) is 0 Å². The second kappa shape index (κ2) is 18.8. The van der Waals surface area contributed by atoms with Crippen LogP contribution in [-0.4, -0.2) is 6.19 Å². The first-order valence-corrected chi connectivity index (χ1v) is 23.4. The molecule has 0 N–H and O–H groups in total. The molecule has 0 aliphatic rings. The quantitative estimate of drug-likeness (QED) is 0.123. The molecule has 10 aromatic rings. The van der Waals surface area contributed by atoms with E-state index in [1.54, 1.807) is 0 Å². The molecule has 0 atom stereocenters. The van der Waals surface area contributed by atoms with Gasteiger partial charge in [-0.25, -0.2) is 0 Å². The first-order chi connectivity index (χ1) is 26.5. The van der Waals surface area contributed by atoms with Crippen molar-refractivity contribution in [3.8, 4) is 44.5 Å². The first kappa shape index (κ1) is 40.7. The summed E-state index contributed by atoms with van der Waals surface area (Å²) in [6.07, 6.45) is 0.120. The Hall–Kier alpha value is -4.99. The number of hydrogen-bond donors (Lipinski definition) is 0. The van der Waals surface area contributed by atoms with Crippen LogP contribution in [0.15, 0.2) is 206 Å². The molecule has 0 heterocycles. The van der Waals surface area contributed by atoms with Gasteiger partial charge in [-0.15, -0.1) is 69.1 Å². The van der Waals surface area contributed by atoms with E-state index in [1.165, 1.54) is 87.6 Å². The smallest absolute Gasteiger partial charge is 0.0112 e. The van der Waals surface area contributed by atoms with E-state index in [0.717, 1.165) is 0 Å². The van der Waals surface area contributed by atoms with Crippen LogP contribution >= 0.6 is 0 Å². The molecule has 0 bridgehead atoms. The van der Waals surface area contributed by atoms with Gasteiger partial charge in [0.1, 0.15) is 0 Å². The van der Waals surface area contributed by atoms with E-state index < -0.39 is 0 Å². The van der Waals surface area contributed by atoms with Gasteiger partial charge in [-0.1, -0.05) is 192 Å². The Morgan fingerprint density at radius 3 is 1.05 bits per heavy atom. The van der Waals surface area contributed by atoms with E-state index in [1.807, 2.05) is 0 Å². The van der Waals surface area contributed by atoms with Crippen molar-refractivity contribution in [3.63, 3.8) is 0 Å². The van der Waals surface area contributed by atoms with Crippen molar-refractivity contribution in [2.45, 2.75) is 13.1 Å². The third-order valence-electron chi connectivity index (χ3n) is 9.88. The molecule has 0 fully saturated rings. The van der Waals surface area contributed by atoms with Gasteiger partial charge in [0.05, 0.1) is 0 Å². The molecule has 10 rings (SSSR count). The van der Waals surface area contributed by atoms with E-state index in [-0.39, 0.29) is 31.0 Å². The molecular weight excluding hydrogens is 771 g/mol. The molecule has 0 saturated carbocycles. The summed E-state index contributed by atoms with van der Waals surface area (Å²) in [5, 5.41) is 10.4. The van der Waals surface area contributed by atoms with Gasteiger partial charge in [-0.05, 0) is 32.7 Å². The van der Waals surface area contributed by atoms with Crippen LogP contribution < -0.4 is 24.8 Å². The van der Waals surface area contributed by atoms with Crippen LogP contribution in [0.4, 0.5) is 0 Å². The molecule has 0 aromatic heterocycles. The summed E-state index contributed by atoms with van der Waals surface area (Å²) in [5.41, 5.74) is 10.3. The third kappa shape index (κ3) is 8.85. The van der Waals surface area contributed by atoms with Crippen LogP contribution in [0.2, 0.25) is 13.1 Å². The van der Waals surface area contributed by atoms with Crippen LogP contribution in [0.3, 0.4) is 0 Å². The number of hydrogen-bond acceptors (Lipinski definition) is 0. The Morgan fingerprint density at radius 1 is 0.357 bits per heavy atom. The van der Waals surface area contributed by atoms with Crippen molar-refractivity contribution in [1.82, 2.24) is 0 Å². The zero-order valence-corrected chi connectivity index (χ0v) is 35.5. The van der Waals surface area contributed by atoms with Gasteiger partial charge in [0, 0.05) is 0 Å². The third-order valence-corrected chi connectivity index (χ3v) is 9.88. The molecule has 0 aliphatic heterocycles. The molecular formula is C52H40Cl2SiTi-2. The van der Waals surface area contributed by atoms with Crippen molar-refractivity contribution < 1.29 is 44.0 Å². The zero-order chi connectivity index (χ0) is 36.9. The van der Waals surface area contributed by atoms with Crippen LogP contribution in [0.1, 0.15) is 0 Å². The maximum Gasteiger partial charge on any atom is -0.0112 e. The molecule has 0 unspecified atom stereocenters. The normalized spacial score (nSPS) is 10.5. The molecule has 0 radical (unpaired) electrons. The summed E-state index contributed by atoms with van der Waals surface area (Å²) in [4.78, 5) is 0. The minimum absolute atomic E-state index is 0. The molecule has 272 valence electrons. The summed E-state index contributed by atoms with van der Waals surface area (Å²) >= 11 is 2.27. The van der Waals surface area contributed by atoms with Crippen molar-refractivity contribution in [2.24, 2.45) is 0 Å². The molecule has 4 heteroatoms. The second-order valence-electron chi connectivity index (χ2n) is 13.9. The summed E-state index contributed by atoms with van der Waals surface area (Å²) in [7, 11) is 0. The Balaban J connectivity index is 0.000000168. The predicted octanol–water partition coefficient (Wildman–Crippen LogP) is 8.88. The van der Waals surface area contributed by atoms with Gasteiger partial charge >= 0.3 is 38.5 Å². The summed E-state index contributed by atoms with van der Waals surface area (Å²) in [5.74, 6) is 0. The number of halogens is 2. The van der Waals surface area contributed by atoms with Crippen LogP contribution in [-0.2, 0) is 19.2 Å². The van der Waals surface area contributed by atoms with E-state index in [4.69, 9.17) is 0 Å². The molecule has 10 aromatic carbocycles. The van der Waals surface area contributed by atoms with Crippen molar-refractivity contribution in [3.05, 3.63) is 206 Å². The van der Waals surface area contributed by atoms with Crippen LogP contribution in [0, 0.1) is 0 Å². The number of rotatable bonds is 4. The van der Waals surface area contributed by atoms with Crippen molar-refractivity contribution >= 4 is 49.3 Å². The summed E-state index contributed by atoms with van der Waals surface area (Å²) in [6.45, 7) is 4.54. The Labute approximate surface area is 354 Å². The van der Waals surface area contributed by atoms with Crippen molar-refractivity contribution in [2.75, 3.05) is 0 Å². The van der Waals surface area contributed by atoms with E-state index >= 15 is 0 Å². The minimum atomic E-state index is 0. The maximum atomic E-state index is 2.32. The Kier molecular flexibility index (Phi) is 13.6. The predicted molar refractivity (Wildman–Crippen MR) is 233 cm³/mol. The van der Waals surface area contributed by atoms with Crippen LogP contribution in [0.25, 0.3) is 87.6 Å². The van der Waals surface area contributed by atoms with E-state index in [9.17, 15) is 0 Å². The Morgan fingerprint density at radius 2 is 0.661 bits per heavy atom. The first-order valence-electron chi connectivity index (χ1n) is 18.5. The largest absolute Gasteiger partial charge is 1.00 e. The van der Waals surface area contributed by atoms with Gasteiger partial charge in [0.2, 0.25) is 0 Å². The van der Waals surface area contributed by atoms with Crippen molar-refractivity contribution in [1.29, 1.82) is 0 Å². The van der Waals surface area contributed by atoms with E-state index in [2.05, 4.69) is 239 Å². The fraction of sp³-hybridized carbons (Fsp3) is 0.0385. The fourth-order valence-corrected chi connectivity index (χ4v) is 7.45. The molecule has 0 saturated heterocycles. The SMILES string of the molecule is C[Si](C)=[Ti+2].[Cl-].[Cl-].c1ccc(-c2cc3c(-c4cccc5ccccc45)cccc3[cH-]2)cc1.c1ccc(-c2cc3c(-c4cccc5ccccc45)cccc3[cH-]2)cc1. The fourth-order valence-electron chi connectivity index (χ4n) is 7.45. The average molecular weight is 812 g/mol. The second-order valence-corrected chi connectivity index (χ2v) is 20.6. The van der Waals surface area contributed by atoms with E-state index in [0.29, 0.717) is 0 Å². The molecule has 0 spiro atoms. The summed E-state index contributed by atoms with van der Waals surface area (Å²) in [6, 6.07) is 74.0. The van der Waals surface area contributed by atoms with Gasteiger partial charge in [0.25, 0.3) is 0 Å². The maximum absolute atomic E-state index is 2.32. The average Bonchev–Trinajstić information content (AvgIpc) is 3.87.